The number of benzene rings is 1. The first-order valence-corrected chi connectivity index (χ1v) is 9.29. The number of amides is 2. The van der Waals surface area contributed by atoms with E-state index in [2.05, 4.69) is 10.6 Å². The minimum Gasteiger partial charge on any atom is -0.454 e. The first-order chi connectivity index (χ1) is 12.8. The number of hydrogen-bond acceptors (Lipinski definition) is 5. The topological polar surface area (TPSA) is 84.5 Å². The standard InChI is InChI=1S/C18H18ClFN2O4S/c1-10(2)16(22-17(24)14-4-3-7-27-14)18(25)26-9-15(23)21-13-6-5-11(20)8-12(13)19/h3-8,10,16H,9H2,1-2H3,(H,21,23)(H,22,24). The van der Waals surface area contributed by atoms with Crippen molar-refractivity contribution in [3.63, 3.8) is 0 Å². The maximum atomic E-state index is 13.0. The summed E-state index contributed by atoms with van der Waals surface area (Å²) < 4.78 is 18.0. The number of thiophene rings is 1. The highest BCUT2D eigenvalue weighted by molar-refractivity contribution is 7.12. The lowest BCUT2D eigenvalue weighted by Crippen LogP contribution is -2.45. The Morgan fingerprint density at radius 2 is 2.00 bits per heavy atom. The van der Waals surface area contributed by atoms with E-state index >= 15 is 0 Å². The number of rotatable bonds is 7. The lowest BCUT2D eigenvalue weighted by atomic mass is 10.0. The van der Waals surface area contributed by atoms with E-state index in [4.69, 9.17) is 16.3 Å². The molecule has 0 aliphatic heterocycles. The zero-order valence-corrected chi connectivity index (χ0v) is 16.2. The van der Waals surface area contributed by atoms with Gasteiger partial charge in [-0.1, -0.05) is 31.5 Å². The van der Waals surface area contributed by atoms with Crippen molar-refractivity contribution in [3.8, 4) is 0 Å². The second-order valence-electron chi connectivity index (χ2n) is 5.95. The van der Waals surface area contributed by atoms with Gasteiger partial charge in [0.15, 0.2) is 6.61 Å². The molecule has 2 rings (SSSR count). The number of nitrogens with one attached hydrogen (secondary N) is 2. The van der Waals surface area contributed by atoms with Crippen LogP contribution >= 0.6 is 22.9 Å². The van der Waals surface area contributed by atoms with Crippen molar-refractivity contribution in [2.24, 2.45) is 5.92 Å². The van der Waals surface area contributed by atoms with E-state index < -0.39 is 30.3 Å². The zero-order chi connectivity index (χ0) is 20.0. The summed E-state index contributed by atoms with van der Waals surface area (Å²) in [5, 5.41) is 6.81. The van der Waals surface area contributed by atoms with Crippen molar-refractivity contribution < 1.29 is 23.5 Å². The van der Waals surface area contributed by atoms with Crippen molar-refractivity contribution in [2.75, 3.05) is 11.9 Å². The Kier molecular flexibility index (Phi) is 7.32. The molecule has 1 unspecified atom stereocenters. The third-order valence-electron chi connectivity index (χ3n) is 3.50. The minimum absolute atomic E-state index is 0.0259. The molecular weight excluding hydrogens is 395 g/mol. The molecule has 0 aliphatic carbocycles. The summed E-state index contributed by atoms with van der Waals surface area (Å²) >= 11 is 7.08. The van der Waals surface area contributed by atoms with Crippen LogP contribution in [0.1, 0.15) is 23.5 Å². The molecule has 0 saturated carbocycles. The third-order valence-corrected chi connectivity index (χ3v) is 4.68. The molecule has 6 nitrogen and oxygen atoms in total. The number of halogens is 2. The third kappa shape index (κ3) is 6.04. The van der Waals surface area contributed by atoms with E-state index in [-0.39, 0.29) is 22.5 Å². The van der Waals surface area contributed by atoms with Crippen LogP contribution in [0.3, 0.4) is 0 Å². The largest absolute Gasteiger partial charge is 0.454 e. The van der Waals surface area contributed by atoms with E-state index in [9.17, 15) is 18.8 Å². The van der Waals surface area contributed by atoms with Crippen LogP contribution in [0, 0.1) is 11.7 Å². The highest BCUT2D eigenvalue weighted by Crippen LogP contribution is 2.22. The molecule has 0 bridgehead atoms. The predicted octanol–water partition coefficient (Wildman–Crippen LogP) is 3.48. The summed E-state index contributed by atoms with van der Waals surface area (Å²) in [6, 6.07) is 5.97. The molecule has 0 aliphatic rings. The fourth-order valence-electron chi connectivity index (χ4n) is 2.12. The van der Waals surface area contributed by atoms with Gasteiger partial charge in [-0.2, -0.15) is 0 Å². The molecule has 27 heavy (non-hydrogen) atoms. The van der Waals surface area contributed by atoms with Gasteiger partial charge in [0.1, 0.15) is 11.9 Å². The predicted molar refractivity (Wildman–Crippen MR) is 101 cm³/mol. The lowest BCUT2D eigenvalue weighted by Gasteiger charge is -2.20. The fraction of sp³-hybridized carbons (Fsp3) is 0.278. The number of carbonyl (C=O) groups is 3. The normalized spacial score (nSPS) is 11.7. The minimum atomic E-state index is -0.901. The number of carbonyl (C=O) groups excluding carboxylic acids is 3. The van der Waals surface area contributed by atoms with Gasteiger partial charge in [0.2, 0.25) is 0 Å². The van der Waals surface area contributed by atoms with Crippen LogP contribution in [0.4, 0.5) is 10.1 Å². The van der Waals surface area contributed by atoms with Gasteiger partial charge in [-0.05, 0) is 35.6 Å². The molecule has 9 heteroatoms. The molecule has 1 heterocycles. The number of ether oxygens (including phenoxy) is 1. The molecular formula is C18H18ClFN2O4S. The molecule has 2 aromatic rings. The monoisotopic (exact) mass is 412 g/mol. The van der Waals surface area contributed by atoms with E-state index in [0.29, 0.717) is 4.88 Å². The van der Waals surface area contributed by atoms with Gasteiger partial charge >= 0.3 is 5.97 Å². The molecule has 0 saturated heterocycles. The van der Waals surface area contributed by atoms with Crippen LogP contribution in [0.2, 0.25) is 5.02 Å². The maximum Gasteiger partial charge on any atom is 0.329 e. The first kappa shape index (κ1) is 20.9. The second kappa shape index (κ2) is 9.48. The van der Waals surface area contributed by atoms with E-state index in [1.54, 1.807) is 31.4 Å². The van der Waals surface area contributed by atoms with Gasteiger partial charge in [-0.3, -0.25) is 9.59 Å². The zero-order valence-electron chi connectivity index (χ0n) is 14.6. The fourth-order valence-corrected chi connectivity index (χ4v) is 2.96. The van der Waals surface area contributed by atoms with Crippen LogP contribution in [-0.4, -0.2) is 30.4 Å². The molecule has 1 atom stereocenters. The Morgan fingerprint density at radius 1 is 1.26 bits per heavy atom. The van der Waals surface area contributed by atoms with Crippen LogP contribution < -0.4 is 10.6 Å². The Labute approximate surface area is 164 Å². The van der Waals surface area contributed by atoms with Gasteiger partial charge in [0, 0.05) is 0 Å². The summed E-state index contributed by atoms with van der Waals surface area (Å²) in [6.45, 7) is 2.93. The van der Waals surface area contributed by atoms with Crippen molar-refractivity contribution in [1.29, 1.82) is 0 Å². The summed E-state index contributed by atoms with van der Waals surface area (Å²) in [4.78, 5) is 36.8. The van der Waals surface area contributed by atoms with E-state index in [1.165, 1.54) is 17.4 Å². The van der Waals surface area contributed by atoms with Crippen molar-refractivity contribution in [3.05, 3.63) is 51.4 Å². The average Bonchev–Trinajstić information content (AvgIpc) is 3.14. The van der Waals surface area contributed by atoms with Crippen molar-refractivity contribution >= 4 is 46.4 Å². The summed E-state index contributed by atoms with van der Waals surface area (Å²) in [5.41, 5.74) is 0.200. The highest BCUT2D eigenvalue weighted by atomic mass is 35.5. The van der Waals surface area contributed by atoms with Gasteiger partial charge in [0.05, 0.1) is 15.6 Å². The van der Waals surface area contributed by atoms with Crippen molar-refractivity contribution in [1.82, 2.24) is 5.32 Å². The molecule has 2 amide bonds. The highest BCUT2D eigenvalue weighted by Gasteiger charge is 2.27. The maximum absolute atomic E-state index is 13.0. The summed E-state index contributed by atoms with van der Waals surface area (Å²) in [7, 11) is 0. The molecule has 144 valence electrons. The van der Waals surface area contributed by atoms with Crippen LogP contribution in [-0.2, 0) is 14.3 Å². The Hall–Kier alpha value is -2.45. The molecule has 2 N–H and O–H groups in total. The number of anilines is 1. The van der Waals surface area contributed by atoms with E-state index in [0.717, 1.165) is 12.1 Å². The van der Waals surface area contributed by atoms with E-state index in [1.807, 2.05) is 0 Å². The Bertz CT molecular complexity index is 827. The summed E-state index contributed by atoms with van der Waals surface area (Å²) in [6.07, 6.45) is 0. The van der Waals surface area contributed by atoms with Gasteiger partial charge in [-0.15, -0.1) is 11.3 Å². The van der Waals surface area contributed by atoms with Crippen LogP contribution in [0.5, 0.6) is 0 Å². The van der Waals surface area contributed by atoms with Crippen molar-refractivity contribution in [2.45, 2.75) is 19.9 Å². The number of hydrogen-bond donors (Lipinski definition) is 2. The van der Waals surface area contributed by atoms with Crippen LogP contribution in [0.15, 0.2) is 35.7 Å². The van der Waals surface area contributed by atoms with Gasteiger partial charge < -0.3 is 15.4 Å². The molecule has 0 spiro atoms. The smallest absolute Gasteiger partial charge is 0.329 e. The Morgan fingerprint density at radius 3 is 2.59 bits per heavy atom. The second-order valence-corrected chi connectivity index (χ2v) is 7.31. The van der Waals surface area contributed by atoms with Gasteiger partial charge in [-0.25, -0.2) is 9.18 Å². The van der Waals surface area contributed by atoms with Gasteiger partial charge in [0.25, 0.3) is 11.8 Å². The Balaban J connectivity index is 1.91. The first-order valence-electron chi connectivity index (χ1n) is 8.04. The summed E-state index contributed by atoms with van der Waals surface area (Å²) in [5.74, 6) is -2.52. The average molecular weight is 413 g/mol. The lowest BCUT2D eigenvalue weighted by molar-refractivity contribution is -0.150. The SMILES string of the molecule is CC(C)C(NC(=O)c1cccs1)C(=O)OCC(=O)Nc1ccc(F)cc1Cl. The molecule has 0 radical (unpaired) electrons. The molecule has 1 aromatic heterocycles. The molecule has 1 aromatic carbocycles. The van der Waals surface area contributed by atoms with Crippen LogP contribution in [0.25, 0.3) is 0 Å². The quantitative estimate of drug-likeness (QED) is 0.682. The number of esters is 1. The molecule has 0 fully saturated rings.